The molecule has 0 aromatic heterocycles. The number of carbonyl (C=O) groups is 2. The van der Waals surface area contributed by atoms with Crippen LogP contribution in [-0.4, -0.2) is 30.7 Å². The van der Waals surface area contributed by atoms with E-state index in [9.17, 15) is 9.59 Å². The molecule has 6 heteroatoms. The molecule has 0 saturated heterocycles. The summed E-state index contributed by atoms with van der Waals surface area (Å²) in [5, 5.41) is 11.8. The van der Waals surface area contributed by atoms with Crippen LogP contribution in [-0.2, 0) is 9.53 Å². The zero-order valence-corrected chi connectivity index (χ0v) is 11.0. The number of nitrogens with one attached hydrogen (secondary N) is 1. The second-order valence-corrected chi connectivity index (χ2v) is 4.26. The second kappa shape index (κ2) is 5.67. The number of carbonyl (C=O) groups excluding carboxylic acids is 1. The molecule has 0 spiro atoms. The van der Waals surface area contributed by atoms with Crippen molar-refractivity contribution in [2.24, 2.45) is 0 Å². The lowest BCUT2D eigenvalue weighted by molar-refractivity contribution is -0.138. The van der Waals surface area contributed by atoms with Crippen LogP contribution < -0.4 is 5.32 Å². The number of rotatable bonds is 4. The number of hydrogen-bond acceptors (Lipinski definition) is 4. The molecule has 0 fully saturated rings. The van der Waals surface area contributed by atoms with Gasteiger partial charge >= 0.3 is 11.9 Å². The van der Waals surface area contributed by atoms with E-state index >= 15 is 0 Å². The molecule has 5 nitrogen and oxygen atoms in total. The smallest absolute Gasteiger partial charge is 0.337 e. The van der Waals surface area contributed by atoms with Gasteiger partial charge in [0.2, 0.25) is 0 Å². The lowest BCUT2D eigenvalue weighted by Gasteiger charge is -2.11. The Balaban J connectivity index is 3.04. The minimum atomic E-state index is -1.05. The lowest BCUT2D eigenvalue weighted by Crippen LogP contribution is -2.17. The van der Waals surface area contributed by atoms with Crippen LogP contribution in [0, 0.1) is 6.92 Å². The van der Waals surface area contributed by atoms with Crippen molar-refractivity contribution in [3.63, 3.8) is 0 Å². The third-order valence-corrected chi connectivity index (χ3v) is 2.73. The molecule has 17 heavy (non-hydrogen) atoms. The molecule has 92 valence electrons. The minimum Gasteiger partial charge on any atom is -0.478 e. The Labute approximate surface area is 107 Å². The van der Waals surface area contributed by atoms with Gasteiger partial charge in [-0.3, -0.25) is 4.79 Å². The third kappa shape index (κ3) is 3.45. The third-order valence-electron chi connectivity index (χ3n) is 2.10. The highest BCUT2D eigenvalue weighted by Crippen LogP contribution is 2.28. The molecule has 0 unspecified atom stereocenters. The first kappa shape index (κ1) is 13.5. The second-order valence-electron chi connectivity index (χ2n) is 3.40. The van der Waals surface area contributed by atoms with Crippen molar-refractivity contribution in [3.8, 4) is 0 Å². The maximum absolute atomic E-state index is 11.1. The molecular formula is C11H12BrNO4. The molecule has 0 aliphatic rings. The van der Waals surface area contributed by atoms with E-state index in [4.69, 9.17) is 5.11 Å². The number of carboxylic acids is 1. The fourth-order valence-corrected chi connectivity index (χ4v) is 2.04. The molecule has 0 aliphatic heterocycles. The number of benzene rings is 1. The lowest BCUT2D eigenvalue weighted by atomic mass is 10.1. The van der Waals surface area contributed by atoms with Gasteiger partial charge in [-0.15, -0.1) is 0 Å². The molecule has 1 rings (SSSR count). The number of aryl methyl sites for hydroxylation is 1. The predicted molar refractivity (Wildman–Crippen MR) is 66.3 cm³/mol. The van der Waals surface area contributed by atoms with Crippen LogP contribution in [0.25, 0.3) is 0 Å². The number of ether oxygens (including phenoxy) is 1. The van der Waals surface area contributed by atoms with E-state index in [1.807, 2.05) is 0 Å². The molecule has 1 aromatic carbocycles. The van der Waals surface area contributed by atoms with E-state index in [2.05, 4.69) is 26.0 Å². The number of carboxylic acid groups (broad SMARTS) is 1. The van der Waals surface area contributed by atoms with E-state index in [1.165, 1.54) is 13.2 Å². The first-order valence-electron chi connectivity index (χ1n) is 4.80. The standard InChI is InChI=1S/C11H12BrNO4/c1-6-3-7(11(15)16)10(8(12)4-6)13-5-9(14)17-2/h3-4,13H,5H2,1-2H3,(H,15,16). The van der Waals surface area contributed by atoms with Gasteiger partial charge in [-0.2, -0.15) is 0 Å². The van der Waals surface area contributed by atoms with Gasteiger partial charge in [0.15, 0.2) is 0 Å². The van der Waals surface area contributed by atoms with Crippen LogP contribution >= 0.6 is 15.9 Å². The molecule has 0 heterocycles. The highest BCUT2D eigenvalue weighted by atomic mass is 79.9. The largest absolute Gasteiger partial charge is 0.478 e. The Morgan fingerprint density at radius 1 is 1.47 bits per heavy atom. The van der Waals surface area contributed by atoms with Crippen LogP contribution in [0.4, 0.5) is 5.69 Å². The number of methoxy groups -OCH3 is 1. The molecule has 1 aromatic rings. The quantitative estimate of drug-likeness (QED) is 0.832. The van der Waals surface area contributed by atoms with E-state index in [0.29, 0.717) is 10.2 Å². The van der Waals surface area contributed by atoms with Gasteiger partial charge in [-0.1, -0.05) is 0 Å². The number of anilines is 1. The number of halogens is 1. The predicted octanol–water partition coefficient (Wildman–Crippen LogP) is 2.04. The normalized spacial score (nSPS) is 9.82. The molecular weight excluding hydrogens is 290 g/mol. The first-order chi connectivity index (χ1) is 7.95. The summed E-state index contributed by atoms with van der Waals surface area (Å²) in [7, 11) is 1.27. The van der Waals surface area contributed by atoms with E-state index in [0.717, 1.165) is 5.56 Å². The monoisotopic (exact) mass is 301 g/mol. The summed E-state index contributed by atoms with van der Waals surface area (Å²) in [6, 6.07) is 3.30. The number of esters is 1. The fourth-order valence-electron chi connectivity index (χ4n) is 1.32. The van der Waals surface area contributed by atoms with E-state index in [-0.39, 0.29) is 12.1 Å². The summed E-state index contributed by atoms with van der Waals surface area (Å²) in [5.74, 6) is -1.52. The summed E-state index contributed by atoms with van der Waals surface area (Å²) in [6.07, 6.45) is 0. The zero-order valence-electron chi connectivity index (χ0n) is 9.41. The Hall–Kier alpha value is -1.56. The topological polar surface area (TPSA) is 75.6 Å². The van der Waals surface area contributed by atoms with Crippen molar-refractivity contribution in [2.45, 2.75) is 6.92 Å². The Kier molecular flexibility index (Phi) is 4.51. The number of aromatic carboxylic acids is 1. The summed E-state index contributed by atoms with van der Waals surface area (Å²) in [4.78, 5) is 22.1. The van der Waals surface area contributed by atoms with Gasteiger partial charge < -0.3 is 15.2 Å². The van der Waals surface area contributed by atoms with Crippen LogP contribution in [0.1, 0.15) is 15.9 Å². The van der Waals surface area contributed by atoms with Crippen LogP contribution in [0.15, 0.2) is 16.6 Å². The number of hydrogen-bond donors (Lipinski definition) is 2. The van der Waals surface area contributed by atoms with Gasteiger partial charge in [-0.05, 0) is 40.5 Å². The van der Waals surface area contributed by atoms with Crippen LogP contribution in [0.3, 0.4) is 0 Å². The average Bonchev–Trinajstić information content (AvgIpc) is 2.26. The first-order valence-corrected chi connectivity index (χ1v) is 5.59. The van der Waals surface area contributed by atoms with Gasteiger partial charge in [0.1, 0.15) is 6.54 Å². The molecule has 0 amide bonds. The van der Waals surface area contributed by atoms with Crippen LogP contribution in [0.5, 0.6) is 0 Å². The van der Waals surface area contributed by atoms with Crippen LogP contribution in [0.2, 0.25) is 0 Å². The van der Waals surface area contributed by atoms with Crippen molar-refractivity contribution in [3.05, 3.63) is 27.7 Å². The average molecular weight is 302 g/mol. The summed E-state index contributed by atoms with van der Waals surface area (Å²) in [6.45, 7) is 1.71. The summed E-state index contributed by atoms with van der Waals surface area (Å²) >= 11 is 3.26. The van der Waals surface area contributed by atoms with Crippen molar-refractivity contribution in [1.82, 2.24) is 0 Å². The zero-order chi connectivity index (χ0) is 13.0. The van der Waals surface area contributed by atoms with Crippen molar-refractivity contribution < 1.29 is 19.4 Å². The molecule has 0 radical (unpaired) electrons. The molecule has 0 bridgehead atoms. The molecule has 0 saturated carbocycles. The molecule has 2 N–H and O–H groups in total. The summed E-state index contributed by atoms with van der Waals surface area (Å²) in [5.41, 5.74) is 1.30. The van der Waals surface area contributed by atoms with Gasteiger partial charge in [0.25, 0.3) is 0 Å². The Bertz CT molecular complexity index is 459. The SMILES string of the molecule is COC(=O)CNc1c(Br)cc(C)cc1C(=O)O. The fraction of sp³-hybridized carbons (Fsp3) is 0.273. The van der Waals surface area contributed by atoms with E-state index in [1.54, 1.807) is 13.0 Å². The van der Waals surface area contributed by atoms with Gasteiger partial charge in [0.05, 0.1) is 18.4 Å². The maximum atomic E-state index is 11.1. The Morgan fingerprint density at radius 3 is 2.65 bits per heavy atom. The highest BCUT2D eigenvalue weighted by Gasteiger charge is 2.14. The van der Waals surface area contributed by atoms with E-state index < -0.39 is 11.9 Å². The van der Waals surface area contributed by atoms with Crippen molar-refractivity contribution in [2.75, 3.05) is 19.0 Å². The minimum absolute atomic E-state index is 0.0849. The summed E-state index contributed by atoms with van der Waals surface area (Å²) < 4.78 is 5.07. The van der Waals surface area contributed by atoms with Crippen molar-refractivity contribution >= 4 is 33.6 Å². The Morgan fingerprint density at radius 2 is 2.12 bits per heavy atom. The highest BCUT2D eigenvalue weighted by molar-refractivity contribution is 9.10. The maximum Gasteiger partial charge on any atom is 0.337 e. The molecule has 0 aliphatic carbocycles. The van der Waals surface area contributed by atoms with Gasteiger partial charge in [-0.25, -0.2) is 4.79 Å². The molecule has 0 atom stereocenters. The van der Waals surface area contributed by atoms with Crippen molar-refractivity contribution in [1.29, 1.82) is 0 Å². The van der Waals surface area contributed by atoms with Gasteiger partial charge in [0, 0.05) is 4.47 Å².